The average Bonchev–Trinajstić information content (AvgIpc) is 3.01. The molecule has 0 unspecified atom stereocenters. The highest BCUT2D eigenvalue weighted by molar-refractivity contribution is 5.76. The summed E-state index contributed by atoms with van der Waals surface area (Å²) in [6, 6.07) is 0.165. The van der Waals surface area contributed by atoms with Crippen LogP contribution in [0.2, 0.25) is 0 Å². The first-order valence-corrected chi connectivity index (χ1v) is 7.21. The second-order valence-electron chi connectivity index (χ2n) is 5.47. The molecule has 2 rings (SSSR count). The van der Waals surface area contributed by atoms with Crippen molar-refractivity contribution in [2.45, 2.75) is 45.1 Å². The Kier molecular flexibility index (Phi) is 4.96. The van der Waals surface area contributed by atoms with E-state index in [0.29, 0.717) is 12.3 Å². The van der Waals surface area contributed by atoms with Crippen LogP contribution in [0.25, 0.3) is 0 Å². The number of hydrogen-bond acceptors (Lipinski definition) is 3. The van der Waals surface area contributed by atoms with E-state index in [1.165, 1.54) is 0 Å². The number of nitrogens with zero attached hydrogens (tertiary/aromatic N) is 2. The smallest absolute Gasteiger partial charge is 0.222 e. The number of nitrogens with two attached hydrogens (primary N) is 1. The Morgan fingerprint density at radius 3 is 3.11 bits per heavy atom. The van der Waals surface area contributed by atoms with E-state index in [1.807, 2.05) is 17.3 Å². The predicted octanol–water partition coefficient (Wildman–Crippen LogP) is 1.32. The number of hydrogen-bond donors (Lipinski definition) is 2. The number of aromatic nitrogens is 2. The van der Waals surface area contributed by atoms with Gasteiger partial charge in [0.05, 0.1) is 6.20 Å². The van der Waals surface area contributed by atoms with Gasteiger partial charge < -0.3 is 10.6 Å². The van der Waals surface area contributed by atoms with Gasteiger partial charge in [-0.1, -0.05) is 13.3 Å². The summed E-state index contributed by atoms with van der Waals surface area (Å²) >= 11 is 0. The van der Waals surface area contributed by atoms with E-state index in [1.54, 1.807) is 0 Å². The van der Waals surface area contributed by atoms with Crippen molar-refractivity contribution in [1.82, 2.24) is 15.1 Å². The quantitative estimate of drug-likeness (QED) is 0.813. The van der Waals surface area contributed by atoms with Crippen LogP contribution in [0.3, 0.4) is 0 Å². The number of carbonyl (C=O) groups excluding carboxylic acids is 1. The van der Waals surface area contributed by atoms with Crippen LogP contribution < -0.4 is 5.73 Å². The minimum Gasteiger partial charge on any atom is -0.341 e. The Balaban J connectivity index is 1.72. The highest BCUT2D eigenvalue weighted by Gasteiger charge is 2.31. The minimum atomic E-state index is 0.165. The van der Waals surface area contributed by atoms with Crippen LogP contribution >= 0.6 is 0 Å². The van der Waals surface area contributed by atoms with Crippen LogP contribution in [0.15, 0.2) is 12.4 Å². The van der Waals surface area contributed by atoms with Crippen molar-refractivity contribution in [3.63, 3.8) is 0 Å². The molecule has 5 heteroatoms. The molecule has 0 bridgehead atoms. The second-order valence-corrected chi connectivity index (χ2v) is 5.47. The summed E-state index contributed by atoms with van der Waals surface area (Å²) in [7, 11) is 0. The van der Waals surface area contributed by atoms with Gasteiger partial charge in [-0.05, 0) is 30.7 Å². The summed E-state index contributed by atoms with van der Waals surface area (Å²) in [6.07, 6.45) is 8.35. The fourth-order valence-electron chi connectivity index (χ4n) is 2.79. The molecule has 0 spiro atoms. The van der Waals surface area contributed by atoms with E-state index in [0.717, 1.165) is 44.3 Å². The maximum atomic E-state index is 12.1. The molecule has 1 aromatic heterocycles. The molecule has 106 valence electrons. The molecule has 19 heavy (non-hydrogen) atoms. The van der Waals surface area contributed by atoms with Gasteiger partial charge in [0.1, 0.15) is 0 Å². The lowest BCUT2D eigenvalue weighted by atomic mass is 9.99. The summed E-state index contributed by atoms with van der Waals surface area (Å²) in [5, 5.41) is 6.69. The standard InChI is InChI=1S/C14H24N4O/c1-2-4-12-9-18(10-13(12)15)14(19)6-3-5-11-7-16-17-8-11/h7-8,12-13H,2-6,9-10,15H2,1H3,(H,16,17)/t12-,13-/m0/s1. The summed E-state index contributed by atoms with van der Waals surface area (Å²) in [5.41, 5.74) is 7.25. The van der Waals surface area contributed by atoms with E-state index in [-0.39, 0.29) is 11.9 Å². The van der Waals surface area contributed by atoms with Gasteiger partial charge in [0, 0.05) is 31.7 Å². The molecule has 1 aliphatic rings. The van der Waals surface area contributed by atoms with Gasteiger partial charge >= 0.3 is 0 Å². The third-order valence-electron chi connectivity index (χ3n) is 3.91. The van der Waals surface area contributed by atoms with Crippen molar-refractivity contribution in [2.24, 2.45) is 11.7 Å². The van der Waals surface area contributed by atoms with Gasteiger partial charge in [-0.3, -0.25) is 9.89 Å². The van der Waals surface area contributed by atoms with E-state index in [4.69, 9.17) is 5.73 Å². The molecule has 1 fully saturated rings. The molecule has 1 amide bonds. The largest absolute Gasteiger partial charge is 0.341 e. The molecule has 2 heterocycles. The van der Waals surface area contributed by atoms with Crippen molar-refractivity contribution < 1.29 is 4.79 Å². The maximum absolute atomic E-state index is 12.1. The molecule has 1 aromatic rings. The van der Waals surface area contributed by atoms with Crippen LogP contribution in [-0.2, 0) is 11.2 Å². The first-order valence-electron chi connectivity index (χ1n) is 7.21. The van der Waals surface area contributed by atoms with Gasteiger partial charge in [-0.2, -0.15) is 5.10 Å². The molecule has 5 nitrogen and oxygen atoms in total. The van der Waals surface area contributed by atoms with Crippen LogP contribution in [0.5, 0.6) is 0 Å². The third kappa shape index (κ3) is 3.80. The molecule has 0 radical (unpaired) electrons. The summed E-state index contributed by atoms with van der Waals surface area (Å²) in [6.45, 7) is 3.75. The Morgan fingerprint density at radius 2 is 2.42 bits per heavy atom. The maximum Gasteiger partial charge on any atom is 0.222 e. The number of nitrogens with one attached hydrogen (secondary N) is 1. The van der Waals surface area contributed by atoms with Crippen LogP contribution in [0, 0.1) is 5.92 Å². The van der Waals surface area contributed by atoms with E-state index >= 15 is 0 Å². The minimum absolute atomic E-state index is 0.165. The van der Waals surface area contributed by atoms with Crippen molar-refractivity contribution in [1.29, 1.82) is 0 Å². The van der Waals surface area contributed by atoms with Gasteiger partial charge in [0.15, 0.2) is 0 Å². The van der Waals surface area contributed by atoms with Crippen molar-refractivity contribution >= 4 is 5.91 Å². The zero-order valence-electron chi connectivity index (χ0n) is 11.6. The number of H-pyrrole nitrogens is 1. The summed E-state index contributed by atoms with van der Waals surface area (Å²) in [4.78, 5) is 14.1. The zero-order valence-corrected chi connectivity index (χ0v) is 11.6. The van der Waals surface area contributed by atoms with E-state index in [2.05, 4.69) is 17.1 Å². The Hall–Kier alpha value is -1.36. The molecule has 0 saturated carbocycles. The molecular formula is C14H24N4O. The van der Waals surface area contributed by atoms with Crippen LogP contribution in [-0.4, -0.2) is 40.1 Å². The normalized spacial score (nSPS) is 22.9. The Morgan fingerprint density at radius 1 is 1.58 bits per heavy atom. The number of likely N-dealkylation sites (tertiary alicyclic amines) is 1. The predicted molar refractivity (Wildman–Crippen MR) is 74.5 cm³/mol. The molecule has 3 N–H and O–H groups in total. The lowest BCUT2D eigenvalue weighted by molar-refractivity contribution is -0.130. The van der Waals surface area contributed by atoms with Crippen molar-refractivity contribution in [3.05, 3.63) is 18.0 Å². The first-order chi connectivity index (χ1) is 9.20. The summed E-state index contributed by atoms with van der Waals surface area (Å²) in [5.74, 6) is 0.736. The van der Waals surface area contributed by atoms with Gasteiger partial charge in [0.2, 0.25) is 5.91 Å². The molecule has 1 aliphatic heterocycles. The fraction of sp³-hybridized carbons (Fsp3) is 0.714. The monoisotopic (exact) mass is 264 g/mol. The molecule has 0 aromatic carbocycles. The molecule has 2 atom stereocenters. The van der Waals surface area contributed by atoms with Gasteiger partial charge in [-0.15, -0.1) is 0 Å². The Labute approximate surface area is 114 Å². The number of aryl methyl sites for hydroxylation is 1. The molecular weight excluding hydrogens is 240 g/mol. The SMILES string of the molecule is CCC[C@H]1CN(C(=O)CCCc2cn[nH]c2)C[C@@H]1N. The summed E-state index contributed by atoms with van der Waals surface area (Å²) < 4.78 is 0. The Bertz CT molecular complexity index is 390. The van der Waals surface area contributed by atoms with Gasteiger partial charge in [0.25, 0.3) is 0 Å². The number of carbonyl (C=O) groups is 1. The first kappa shape index (κ1) is 14.1. The lowest BCUT2D eigenvalue weighted by Gasteiger charge is -2.16. The second kappa shape index (κ2) is 6.70. The molecule has 1 saturated heterocycles. The van der Waals surface area contributed by atoms with Crippen LogP contribution in [0.1, 0.15) is 38.2 Å². The van der Waals surface area contributed by atoms with Crippen molar-refractivity contribution in [3.8, 4) is 0 Å². The highest BCUT2D eigenvalue weighted by Crippen LogP contribution is 2.21. The van der Waals surface area contributed by atoms with E-state index in [9.17, 15) is 4.79 Å². The number of amides is 1. The van der Waals surface area contributed by atoms with Gasteiger partial charge in [-0.25, -0.2) is 0 Å². The lowest BCUT2D eigenvalue weighted by Crippen LogP contribution is -2.32. The fourth-order valence-corrected chi connectivity index (χ4v) is 2.79. The zero-order chi connectivity index (χ0) is 13.7. The van der Waals surface area contributed by atoms with Crippen LogP contribution in [0.4, 0.5) is 0 Å². The highest BCUT2D eigenvalue weighted by atomic mass is 16.2. The average molecular weight is 264 g/mol. The van der Waals surface area contributed by atoms with E-state index < -0.39 is 0 Å². The third-order valence-corrected chi connectivity index (χ3v) is 3.91. The number of rotatable bonds is 6. The van der Waals surface area contributed by atoms with Crippen molar-refractivity contribution in [2.75, 3.05) is 13.1 Å². The molecule has 0 aliphatic carbocycles. The topological polar surface area (TPSA) is 75.0 Å². The number of aromatic amines is 1.